The molecule has 0 aliphatic carbocycles. The number of anilines is 1. The first-order valence-corrected chi connectivity index (χ1v) is 7.80. The molecule has 0 spiro atoms. The zero-order valence-electron chi connectivity index (χ0n) is 13.7. The molecule has 0 fully saturated rings. The highest BCUT2D eigenvalue weighted by atomic mass is 19.1. The van der Waals surface area contributed by atoms with Crippen LogP contribution in [0, 0.1) is 12.7 Å². The van der Waals surface area contributed by atoms with E-state index in [0.29, 0.717) is 16.9 Å². The number of aromatic nitrogens is 5. The van der Waals surface area contributed by atoms with Crippen LogP contribution in [0.5, 0.6) is 0 Å². The van der Waals surface area contributed by atoms with E-state index in [2.05, 4.69) is 25.4 Å². The monoisotopic (exact) mass is 348 g/mol. The minimum absolute atomic E-state index is 0.247. The van der Waals surface area contributed by atoms with Crippen molar-refractivity contribution in [1.29, 1.82) is 0 Å². The van der Waals surface area contributed by atoms with Gasteiger partial charge in [0.1, 0.15) is 11.6 Å². The van der Waals surface area contributed by atoms with E-state index < -0.39 is 11.7 Å². The molecule has 1 amide bonds. The lowest BCUT2D eigenvalue weighted by atomic mass is 10.1. The molecule has 0 aliphatic rings. The van der Waals surface area contributed by atoms with Crippen LogP contribution in [0.2, 0.25) is 0 Å². The van der Waals surface area contributed by atoms with Gasteiger partial charge in [0.2, 0.25) is 0 Å². The van der Waals surface area contributed by atoms with Crippen molar-refractivity contribution < 1.29 is 9.18 Å². The van der Waals surface area contributed by atoms with Gasteiger partial charge in [-0.25, -0.2) is 18.9 Å². The Labute approximate surface area is 147 Å². The van der Waals surface area contributed by atoms with Gasteiger partial charge in [-0.1, -0.05) is 0 Å². The van der Waals surface area contributed by atoms with Gasteiger partial charge in [0.05, 0.1) is 17.5 Å². The number of aryl methyl sites for hydroxylation is 1. The highest BCUT2D eigenvalue weighted by Crippen LogP contribution is 2.23. The molecule has 4 rings (SSSR count). The van der Waals surface area contributed by atoms with Crippen LogP contribution in [-0.4, -0.2) is 30.5 Å². The fourth-order valence-electron chi connectivity index (χ4n) is 2.58. The quantitative estimate of drug-likeness (QED) is 0.615. The Morgan fingerprint density at radius 3 is 2.81 bits per heavy atom. The van der Waals surface area contributed by atoms with Crippen LogP contribution in [0.15, 0.2) is 55.2 Å². The molecular weight excluding hydrogens is 335 g/mol. The highest BCUT2D eigenvalue weighted by molar-refractivity contribution is 6.08. The Kier molecular flexibility index (Phi) is 3.85. The summed E-state index contributed by atoms with van der Waals surface area (Å²) in [5, 5.41) is 7.14. The van der Waals surface area contributed by atoms with E-state index in [1.165, 1.54) is 16.6 Å². The average molecular weight is 348 g/mol. The van der Waals surface area contributed by atoms with Crippen LogP contribution in [-0.2, 0) is 0 Å². The molecular formula is C18H13FN6O. The predicted molar refractivity (Wildman–Crippen MR) is 93.1 cm³/mol. The maximum Gasteiger partial charge on any atom is 0.260 e. The second-order valence-corrected chi connectivity index (χ2v) is 5.65. The van der Waals surface area contributed by atoms with Crippen LogP contribution in [0.4, 0.5) is 10.2 Å². The zero-order valence-corrected chi connectivity index (χ0v) is 13.7. The summed E-state index contributed by atoms with van der Waals surface area (Å²) in [5.41, 5.74) is 3.14. The Hall–Kier alpha value is -3.68. The third-order valence-corrected chi connectivity index (χ3v) is 3.89. The van der Waals surface area contributed by atoms with E-state index in [-0.39, 0.29) is 5.82 Å². The summed E-state index contributed by atoms with van der Waals surface area (Å²) in [6.07, 6.45) is 7.66. The second-order valence-electron chi connectivity index (χ2n) is 5.65. The summed E-state index contributed by atoms with van der Waals surface area (Å²) in [6.45, 7) is 1.94. The Morgan fingerprint density at radius 1 is 1.15 bits per heavy atom. The predicted octanol–water partition coefficient (Wildman–Crippen LogP) is 2.89. The Morgan fingerprint density at radius 2 is 2.04 bits per heavy atom. The van der Waals surface area contributed by atoms with Gasteiger partial charge in [0.15, 0.2) is 5.65 Å². The van der Waals surface area contributed by atoms with Crippen molar-refractivity contribution in [3.63, 3.8) is 0 Å². The van der Waals surface area contributed by atoms with Crippen molar-refractivity contribution in [2.75, 3.05) is 5.32 Å². The summed E-state index contributed by atoms with van der Waals surface area (Å²) < 4.78 is 14.5. The van der Waals surface area contributed by atoms with Crippen molar-refractivity contribution >= 4 is 17.4 Å². The molecule has 4 aromatic heterocycles. The lowest BCUT2D eigenvalue weighted by molar-refractivity contribution is 0.102. The van der Waals surface area contributed by atoms with Gasteiger partial charge in [-0.3, -0.25) is 9.78 Å². The molecule has 0 unspecified atom stereocenters. The number of nitrogens with one attached hydrogen (secondary N) is 1. The van der Waals surface area contributed by atoms with E-state index in [1.807, 2.05) is 13.0 Å². The zero-order chi connectivity index (χ0) is 18.1. The fraction of sp³-hybridized carbons (Fsp3) is 0.0556. The maximum absolute atomic E-state index is 13.0. The molecule has 0 aromatic carbocycles. The Bertz CT molecular complexity index is 1110. The number of carbonyl (C=O) groups excluding carboxylic acids is 1. The summed E-state index contributed by atoms with van der Waals surface area (Å²) in [4.78, 5) is 24.9. The molecule has 4 aromatic rings. The third kappa shape index (κ3) is 2.88. The second kappa shape index (κ2) is 6.32. The third-order valence-electron chi connectivity index (χ3n) is 3.89. The fourth-order valence-corrected chi connectivity index (χ4v) is 2.58. The van der Waals surface area contributed by atoms with Gasteiger partial charge in [-0.15, -0.1) is 0 Å². The standard InChI is InChI=1S/C18H13FN6O/c1-11-4-5-20-10-14(11)15-8-13(17-21-6-7-25(17)24-15)18(26)23-16-3-2-12(19)9-22-16/h2-10H,1H3,(H,22,23,26). The van der Waals surface area contributed by atoms with Crippen molar-refractivity contribution in [3.05, 3.63) is 72.2 Å². The molecule has 26 heavy (non-hydrogen) atoms. The number of hydrogen-bond acceptors (Lipinski definition) is 5. The van der Waals surface area contributed by atoms with Gasteiger partial charge >= 0.3 is 0 Å². The summed E-state index contributed by atoms with van der Waals surface area (Å²) in [6, 6.07) is 6.15. The minimum Gasteiger partial charge on any atom is -0.306 e. The van der Waals surface area contributed by atoms with E-state index in [4.69, 9.17) is 0 Å². The summed E-state index contributed by atoms with van der Waals surface area (Å²) in [7, 11) is 0. The molecule has 0 radical (unpaired) electrons. The minimum atomic E-state index is -0.475. The topological polar surface area (TPSA) is 85.1 Å². The smallest absolute Gasteiger partial charge is 0.260 e. The van der Waals surface area contributed by atoms with Crippen molar-refractivity contribution in [2.45, 2.75) is 6.92 Å². The normalized spacial score (nSPS) is 10.8. The molecule has 8 heteroatoms. The molecule has 0 bridgehead atoms. The van der Waals surface area contributed by atoms with Crippen molar-refractivity contribution in [1.82, 2.24) is 24.6 Å². The maximum atomic E-state index is 13.0. The molecule has 0 saturated carbocycles. The number of pyridine rings is 2. The van der Waals surface area contributed by atoms with Gasteiger partial charge in [-0.05, 0) is 36.8 Å². The largest absolute Gasteiger partial charge is 0.306 e. The van der Waals surface area contributed by atoms with E-state index >= 15 is 0 Å². The number of fused-ring (bicyclic) bond motifs is 1. The first kappa shape index (κ1) is 15.8. The number of rotatable bonds is 3. The lowest BCUT2D eigenvalue weighted by Crippen LogP contribution is -2.15. The van der Waals surface area contributed by atoms with E-state index in [1.54, 1.807) is 30.9 Å². The molecule has 128 valence electrons. The van der Waals surface area contributed by atoms with Crippen LogP contribution in [0.1, 0.15) is 15.9 Å². The molecule has 0 atom stereocenters. The van der Waals surface area contributed by atoms with Gasteiger partial charge in [-0.2, -0.15) is 5.10 Å². The summed E-state index contributed by atoms with van der Waals surface area (Å²) in [5.74, 6) is -0.639. The first-order valence-electron chi connectivity index (χ1n) is 7.80. The van der Waals surface area contributed by atoms with Gasteiger partial charge in [0, 0.05) is 30.4 Å². The van der Waals surface area contributed by atoms with Gasteiger partial charge < -0.3 is 5.32 Å². The number of halogens is 1. The van der Waals surface area contributed by atoms with E-state index in [9.17, 15) is 9.18 Å². The molecule has 7 nitrogen and oxygen atoms in total. The van der Waals surface area contributed by atoms with Crippen molar-refractivity contribution in [2.24, 2.45) is 0 Å². The number of carbonyl (C=O) groups is 1. The summed E-state index contributed by atoms with van der Waals surface area (Å²) >= 11 is 0. The van der Waals surface area contributed by atoms with Crippen LogP contribution in [0.3, 0.4) is 0 Å². The molecule has 1 N–H and O–H groups in total. The number of hydrogen-bond donors (Lipinski definition) is 1. The van der Waals surface area contributed by atoms with Gasteiger partial charge in [0.25, 0.3) is 5.91 Å². The molecule has 4 heterocycles. The lowest BCUT2D eigenvalue weighted by Gasteiger charge is -2.09. The highest BCUT2D eigenvalue weighted by Gasteiger charge is 2.17. The first-order chi connectivity index (χ1) is 12.6. The van der Waals surface area contributed by atoms with Crippen molar-refractivity contribution in [3.8, 4) is 11.3 Å². The SMILES string of the molecule is Cc1ccncc1-c1cc(C(=O)Nc2ccc(F)cn2)c2nccn2n1. The average Bonchev–Trinajstić information content (AvgIpc) is 3.11. The Balaban J connectivity index is 1.78. The number of imidazole rings is 1. The van der Waals surface area contributed by atoms with Crippen LogP contribution < -0.4 is 5.32 Å². The van der Waals surface area contributed by atoms with Crippen LogP contribution in [0.25, 0.3) is 16.9 Å². The molecule has 0 saturated heterocycles. The van der Waals surface area contributed by atoms with E-state index in [0.717, 1.165) is 17.3 Å². The number of nitrogens with zero attached hydrogens (tertiary/aromatic N) is 5. The molecule has 0 aliphatic heterocycles. The number of amides is 1. The van der Waals surface area contributed by atoms with Crippen LogP contribution >= 0.6 is 0 Å².